The molecule has 1 aliphatic heterocycles. The van der Waals surface area contributed by atoms with Crippen LogP contribution in [0.4, 0.5) is 20.6 Å². The van der Waals surface area contributed by atoms with Crippen molar-refractivity contribution in [1.29, 1.82) is 0 Å². The second kappa shape index (κ2) is 17.3. The zero-order valence-corrected chi connectivity index (χ0v) is 30.7. The van der Waals surface area contributed by atoms with Gasteiger partial charge in [-0.05, 0) is 87.0 Å². The summed E-state index contributed by atoms with van der Waals surface area (Å²) >= 11 is 0. The standard InChI is InChI=1S/C39H47FN4O7S/c1-26-23-44(27(2)25-45)38(46)34-22-31(41-39(47)42-35-14-9-12-29-11-5-6-13-33(29)35)17-20-36(34)51-28(3)10-7-8-21-50-37(26)24-43(4)52(48,49)32-18-15-30(40)16-19-32/h5-6,9,11-20,22,26-28,37,45H,7-8,10,21,23-25H2,1-4H3,(H2,41,42,47)/t26-,27+,28+,37+/m1/s1. The van der Waals surface area contributed by atoms with Crippen LogP contribution in [-0.4, -0.2) is 86.3 Å². The van der Waals surface area contributed by atoms with Crippen molar-refractivity contribution >= 4 is 44.1 Å². The third kappa shape index (κ3) is 9.45. The number of nitrogens with one attached hydrogen (secondary N) is 2. The third-order valence-corrected chi connectivity index (χ3v) is 11.1. The smallest absolute Gasteiger partial charge is 0.323 e. The molecule has 13 heteroatoms. The maximum Gasteiger partial charge on any atom is 0.323 e. The molecule has 3 amide bonds. The predicted octanol–water partition coefficient (Wildman–Crippen LogP) is 6.74. The SMILES string of the molecule is C[C@@H]1CN([C@@H](C)CO)C(=O)c2cc(NC(=O)Nc3cccc4ccccc34)ccc2O[C@@H](C)CCCCO[C@H]1CN(C)S(=O)(=O)c1ccc(F)cc1. The Hall–Kier alpha value is -4.56. The van der Waals surface area contributed by atoms with E-state index in [1.54, 1.807) is 25.1 Å². The molecule has 0 aliphatic carbocycles. The number of likely N-dealkylation sites (N-methyl/N-ethyl adjacent to an activating group) is 1. The van der Waals surface area contributed by atoms with E-state index < -0.39 is 39.9 Å². The van der Waals surface area contributed by atoms with Gasteiger partial charge >= 0.3 is 6.03 Å². The first-order chi connectivity index (χ1) is 24.9. The van der Waals surface area contributed by atoms with Crippen molar-refractivity contribution in [2.75, 3.05) is 44.0 Å². The van der Waals surface area contributed by atoms with E-state index in [2.05, 4.69) is 10.6 Å². The van der Waals surface area contributed by atoms with Gasteiger partial charge in [-0.25, -0.2) is 17.6 Å². The quantitative estimate of drug-likeness (QED) is 0.182. The predicted molar refractivity (Wildman–Crippen MR) is 200 cm³/mol. The van der Waals surface area contributed by atoms with Gasteiger partial charge in [0.2, 0.25) is 10.0 Å². The molecule has 52 heavy (non-hydrogen) atoms. The van der Waals surface area contributed by atoms with Crippen LogP contribution in [0.15, 0.2) is 89.8 Å². The molecule has 1 heterocycles. The number of aliphatic hydroxyl groups excluding tert-OH is 1. The van der Waals surface area contributed by atoms with Gasteiger partial charge < -0.3 is 30.1 Å². The summed E-state index contributed by atoms with van der Waals surface area (Å²) in [5.41, 5.74) is 1.19. The van der Waals surface area contributed by atoms with Gasteiger partial charge in [0.25, 0.3) is 5.91 Å². The van der Waals surface area contributed by atoms with Crippen molar-refractivity contribution in [3.63, 3.8) is 0 Å². The highest BCUT2D eigenvalue weighted by Crippen LogP contribution is 2.30. The Labute approximate surface area is 304 Å². The highest BCUT2D eigenvalue weighted by molar-refractivity contribution is 7.89. The molecule has 11 nitrogen and oxygen atoms in total. The summed E-state index contributed by atoms with van der Waals surface area (Å²) in [5, 5.41) is 17.9. The summed E-state index contributed by atoms with van der Waals surface area (Å²) in [7, 11) is -2.52. The molecule has 0 aromatic heterocycles. The number of hydrogen-bond acceptors (Lipinski definition) is 7. The Morgan fingerprint density at radius 2 is 1.75 bits per heavy atom. The van der Waals surface area contributed by atoms with Crippen LogP contribution in [-0.2, 0) is 14.8 Å². The van der Waals surface area contributed by atoms with Gasteiger partial charge in [0.05, 0.1) is 41.0 Å². The van der Waals surface area contributed by atoms with Gasteiger partial charge in [0.1, 0.15) is 11.6 Å². The number of urea groups is 1. The minimum Gasteiger partial charge on any atom is -0.490 e. The van der Waals surface area contributed by atoms with Crippen molar-refractivity contribution in [1.82, 2.24) is 9.21 Å². The fourth-order valence-corrected chi connectivity index (χ4v) is 7.40. The van der Waals surface area contributed by atoms with Gasteiger partial charge in [-0.15, -0.1) is 0 Å². The van der Waals surface area contributed by atoms with Crippen molar-refractivity contribution in [2.45, 2.75) is 63.2 Å². The number of rotatable bonds is 8. The number of amides is 3. The molecule has 4 aromatic carbocycles. The average Bonchev–Trinajstić information content (AvgIpc) is 3.13. The zero-order chi connectivity index (χ0) is 37.4. The van der Waals surface area contributed by atoms with Crippen LogP contribution < -0.4 is 15.4 Å². The largest absolute Gasteiger partial charge is 0.490 e. The first kappa shape index (κ1) is 38.7. The normalized spacial score (nSPS) is 19.7. The molecule has 0 radical (unpaired) electrons. The fourth-order valence-electron chi connectivity index (χ4n) is 6.22. The van der Waals surface area contributed by atoms with E-state index in [4.69, 9.17) is 9.47 Å². The summed E-state index contributed by atoms with van der Waals surface area (Å²) in [6, 6.07) is 21.8. The monoisotopic (exact) mass is 734 g/mol. The van der Waals surface area contributed by atoms with Crippen molar-refractivity contribution in [2.24, 2.45) is 5.92 Å². The number of ether oxygens (including phenoxy) is 2. The fraction of sp³-hybridized carbons (Fsp3) is 0.385. The Morgan fingerprint density at radius 3 is 2.50 bits per heavy atom. The second-order valence-electron chi connectivity index (χ2n) is 13.4. The molecule has 5 rings (SSSR count). The lowest BCUT2D eigenvalue weighted by molar-refractivity contribution is -0.00834. The number of nitrogens with zero attached hydrogens (tertiary/aromatic N) is 2. The van der Waals surface area contributed by atoms with Crippen LogP contribution in [0, 0.1) is 11.7 Å². The number of halogens is 1. The summed E-state index contributed by atoms with van der Waals surface area (Å²) in [4.78, 5) is 29.1. The van der Waals surface area contributed by atoms with Crippen molar-refractivity contribution in [3.8, 4) is 5.75 Å². The van der Waals surface area contributed by atoms with E-state index in [1.165, 1.54) is 28.4 Å². The maximum absolute atomic E-state index is 14.5. The molecule has 0 saturated heterocycles. The van der Waals surface area contributed by atoms with Crippen LogP contribution in [0.5, 0.6) is 5.75 Å². The number of carbonyl (C=O) groups is 2. The first-order valence-corrected chi connectivity index (χ1v) is 18.9. The van der Waals surface area contributed by atoms with Crippen molar-refractivity contribution < 1.29 is 37.0 Å². The van der Waals surface area contributed by atoms with E-state index in [1.807, 2.05) is 56.3 Å². The van der Waals surface area contributed by atoms with Gasteiger partial charge in [-0.3, -0.25) is 4.79 Å². The van der Waals surface area contributed by atoms with E-state index in [0.717, 1.165) is 29.3 Å². The minimum atomic E-state index is -3.97. The van der Waals surface area contributed by atoms with Crippen LogP contribution in [0.25, 0.3) is 10.8 Å². The lowest BCUT2D eigenvalue weighted by atomic mass is 10.0. The average molecular weight is 735 g/mol. The first-order valence-electron chi connectivity index (χ1n) is 17.5. The number of carbonyl (C=O) groups excluding carboxylic acids is 2. The van der Waals surface area contributed by atoms with Gasteiger partial charge in [0, 0.05) is 43.7 Å². The number of sulfonamides is 1. The Kier molecular flexibility index (Phi) is 12.9. The molecule has 0 spiro atoms. The lowest BCUT2D eigenvalue weighted by Gasteiger charge is -2.35. The third-order valence-electron chi connectivity index (χ3n) is 9.31. The Morgan fingerprint density at radius 1 is 1.02 bits per heavy atom. The molecule has 3 N–H and O–H groups in total. The van der Waals surface area contributed by atoms with Crippen LogP contribution in [0.1, 0.15) is 50.4 Å². The summed E-state index contributed by atoms with van der Waals surface area (Å²) < 4.78 is 54.1. The molecular formula is C39H47FN4O7S. The number of hydrogen-bond donors (Lipinski definition) is 3. The summed E-state index contributed by atoms with van der Waals surface area (Å²) in [6.45, 7) is 5.63. The van der Waals surface area contributed by atoms with Crippen molar-refractivity contribution in [3.05, 3.63) is 96.3 Å². The second-order valence-corrected chi connectivity index (χ2v) is 15.4. The topological polar surface area (TPSA) is 138 Å². The van der Waals surface area contributed by atoms with Gasteiger partial charge in [-0.2, -0.15) is 4.31 Å². The highest BCUT2D eigenvalue weighted by atomic mass is 32.2. The van der Waals surface area contributed by atoms with Crippen LogP contribution in [0.2, 0.25) is 0 Å². The van der Waals surface area contributed by atoms with E-state index in [0.29, 0.717) is 36.6 Å². The molecule has 4 atom stereocenters. The molecular weight excluding hydrogens is 688 g/mol. The van der Waals surface area contributed by atoms with Crippen LogP contribution in [0.3, 0.4) is 0 Å². The summed E-state index contributed by atoms with van der Waals surface area (Å²) in [5.74, 6) is -1.02. The molecule has 0 bridgehead atoms. The molecule has 4 aromatic rings. The van der Waals surface area contributed by atoms with E-state index in [9.17, 15) is 27.5 Å². The molecule has 1 aliphatic rings. The van der Waals surface area contributed by atoms with Gasteiger partial charge in [-0.1, -0.05) is 43.3 Å². The number of benzene rings is 4. The van der Waals surface area contributed by atoms with E-state index in [-0.39, 0.29) is 42.2 Å². The number of anilines is 2. The summed E-state index contributed by atoms with van der Waals surface area (Å²) in [6.07, 6.45) is 1.25. The Bertz CT molecular complexity index is 1950. The minimum absolute atomic E-state index is 0.0214. The maximum atomic E-state index is 14.5. The highest BCUT2D eigenvalue weighted by Gasteiger charge is 2.32. The zero-order valence-electron chi connectivity index (χ0n) is 29.9. The number of aliphatic hydroxyl groups is 1. The Balaban J connectivity index is 1.41. The molecule has 278 valence electrons. The molecule has 0 unspecified atom stereocenters. The number of fused-ring (bicyclic) bond motifs is 2. The van der Waals surface area contributed by atoms with Crippen LogP contribution >= 0.6 is 0 Å². The van der Waals surface area contributed by atoms with E-state index >= 15 is 0 Å². The van der Waals surface area contributed by atoms with Gasteiger partial charge in [0.15, 0.2) is 0 Å². The molecule has 0 fully saturated rings. The molecule has 0 saturated carbocycles. The lowest BCUT2D eigenvalue weighted by Crippen LogP contribution is -2.48.